The molecule has 1 aliphatic heterocycles. The Kier molecular flexibility index (Phi) is 5.51. The minimum absolute atomic E-state index is 0.195. The lowest BCUT2D eigenvalue weighted by Crippen LogP contribution is -2.48. The van der Waals surface area contributed by atoms with Crippen LogP contribution in [0.4, 0.5) is 13.6 Å². The molecular formula is C18H21F2N3O3. The molecule has 1 aliphatic rings. The van der Waals surface area contributed by atoms with Crippen LogP contribution in [0.2, 0.25) is 0 Å². The van der Waals surface area contributed by atoms with E-state index in [1.807, 2.05) is 0 Å². The second-order valence-corrected chi connectivity index (χ2v) is 6.14. The van der Waals surface area contributed by atoms with E-state index in [1.165, 1.54) is 12.1 Å². The lowest BCUT2D eigenvalue weighted by atomic mass is 10.2. The van der Waals surface area contributed by atoms with Crippen LogP contribution in [0.5, 0.6) is 0 Å². The normalized spacial score (nSPS) is 15.3. The number of benzene rings is 1. The maximum Gasteiger partial charge on any atom is 0.409 e. The predicted molar refractivity (Wildman–Crippen MR) is 90.5 cm³/mol. The number of amides is 1. The molecule has 0 unspecified atom stereocenters. The molecule has 1 saturated heterocycles. The summed E-state index contributed by atoms with van der Waals surface area (Å²) in [6.07, 6.45) is -0.291. The lowest BCUT2D eigenvalue weighted by molar-refractivity contribution is 0.0774. The van der Waals surface area contributed by atoms with E-state index in [1.54, 1.807) is 18.7 Å². The fraction of sp³-hybridized carbons (Fsp3) is 0.444. The van der Waals surface area contributed by atoms with Gasteiger partial charge in [-0.1, -0.05) is 0 Å². The number of hydrogen-bond acceptors (Lipinski definition) is 5. The highest BCUT2D eigenvalue weighted by Crippen LogP contribution is 2.24. The summed E-state index contributed by atoms with van der Waals surface area (Å²) < 4.78 is 37.4. The lowest BCUT2D eigenvalue weighted by Gasteiger charge is -2.33. The maximum atomic E-state index is 13.4. The van der Waals surface area contributed by atoms with Gasteiger partial charge in [0.15, 0.2) is 0 Å². The van der Waals surface area contributed by atoms with Crippen molar-refractivity contribution in [1.82, 2.24) is 14.8 Å². The Morgan fingerprint density at radius 1 is 1.19 bits per heavy atom. The summed E-state index contributed by atoms with van der Waals surface area (Å²) in [7, 11) is 0. The van der Waals surface area contributed by atoms with Crippen molar-refractivity contribution in [1.29, 1.82) is 0 Å². The van der Waals surface area contributed by atoms with E-state index in [9.17, 15) is 13.6 Å². The Balaban J connectivity index is 1.65. The van der Waals surface area contributed by atoms with E-state index >= 15 is 0 Å². The molecule has 140 valence electrons. The summed E-state index contributed by atoms with van der Waals surface area (Å²) in [5.41, 5.74) is 0.984. The summed E-state index contributed by atoms with van der Waals surface area (Å²) in [4.78, 5) is 19.9. The average molecular weight is 365 g/mol. The molecule has 0 N–H and O–H groups in total. The van der Waals surface area contributed by atoms with Crippen LogP contribution in [0.3, 0.4) is 0 Å². The zero-order valence-corrected chi connectivity index (χ0v) is 14.8. The topological polar surface area (TPSA) is 58.8 Å². The van der Waals surface area contributed by atoms with Gasteiger partial charge in [0.1, 0.15) is 17.4 Å². The number of carbonyl (C=O) groups excluding carboxylic acids is 1. The maximum absolute atomic E-state index is 13.4. The third-order valence-electron chi connectivity index (χ3n) is 4.27. The first-order valence-corrected chi connectivity index (χ1v) is 8.53. The Morgan fingerprint density at radius 3 is 2.46 bits per heavy atom. The Hall–Kier alpha value is -2.48. The van der Waals surface area contributed by atoms with E-state index < -0.39 is 11.6 Å². The fourth-order valence-electron chi connectivity index (χ4n) is 2.89. The van der Waals surface area contributed by atoms with Gasteiger partial charge in [0.05, 0.1) is 12.3 Å². The van der Waals surface area contributed by atoms with Crippen LogP contribution in [0.1, 0.15) is 18.4 Å². The third-order valence-corrected chi connectivity index (χ3v) is 4.27. The number of rotatable bonds is 4. The molecule has 0 spiro atoms. The number of oxazole rings is 1. The van der Waals surface area contributed by atoms with Crippen LogP contribution in [-0.4, -0.2) is 53.7 Å². The van der Waals surface area contributed by atoms with Crippen LogP contribution < -0.4 is 0 Å². The molecule has 0 saturated carbocycles. The predicted octanol–water partition coefficient (Wildman–Crippen LogP) is 3.20. The Morgan fingerprint density at radius 2 is 1.85 bits per heavy atom. The zero-order valence-electron chi connectivity index (χ0n) is 14.8. The number of aromatic nitrogens is 1. The quantitative estimate of drug-likeness (QED) is 0.833. The van der Waals surface area contributed by atoms with Crippen molar-refractivity contribution < 1.29 is 22.7 Å². The van der Waals surface area contributed by atoms with Gasteiger partial charge in [-0.05, 0) is 26.0 Å². The second kappa shape index (κ2) is 7.82. The number of hydrogen-bond donors (Lipinski definition) is 0. The van der Waals surface area contributed by atoms with Gasteiger partial charge >= 0.3 is 6.09 Å². The van der Waals surface area contributed by atoms with Gasteiger partial charge in [-0.2, -0.15) is 0 Å². The number of halogens is 2. The summed E-state index contributed by atoms with van der Waals surface area (Å²) in [5, 5.41) is 0. The van der Waals surface area contributed by atoms with E-state index in [0.29, 0.717) is 50.8 Å². The highest BCUT2D eigenvalue weighted by Gasteiger charge is 2.23. The van der Waals surface area contributed by atoms with Gasteiger partial charge in [0.25, 0.3) is 0 Å². The third kappa shape index (κ3) is 4.19. The molecule has 1 amide bonds. The minimum Gasteiger partial charge on any atom is -0.450 e. The molecule has 1 fully saturated rings. The first kappa shape index (κ1) is 18.3. The highest BCUT2D eigenvalue weighted by atomic mass is 19.1. The highest BCUT2D eigenvalue weighted by molar-refractivity contribution is 5.67. The second-order valence-electron chi connectivity index (χ2n) is 6.14. The molecule has 1 aromatic heterocycles. The average Bonchev–Trinajstić information content (AvgIpc) is 2.96. The summed E-state index contributed by atoms with van der Waals surface area (Å²) in [6.45, 7) is 7.00. The molecule has 0 radical (unpaired) electrons. The molecule has 0 aliphatic carbocycles. The monoisotopic (exact) mass is 365 g/mol. The Labute approximate surface area is 150 Å². The van der Waals surface area contributed by atoms with Crippen molar-refractivity contribution in [2.45, 2.75) is 20.4 Å². The van der Waals surface area contributed by atoms with Gasteiger partial charge in [-0.25, -0.2) is 18.6 Å². The first-order valence-electron chi connectivity index (χ1n) is 8.53. The van der Waals surface area contributed by atoms with Gasteiger partial charge in [0, 0.05) is 44.4 Å². The largest absolute Gasteiger partial charge is 0.450 e. The van der Waals surface area contributed by atoms with Crippen molar-refractivity contribution in [3.8, 4) is 11.5 Å². The van der Waals surface area contributed by atoms with Gasteiger partial charge in [-0.15, -0.1) is 0 Å². The fourth-order valence-corrected chi connectivity index (χ4v) is 2.89. The molecular weight excluding hydrogens is 344 g/mol. The van der Waals surface area contributed by atoms with Crippen molar-refractivity contribution in [3.63, 3.8) is 0 Å². The van der Waals surface area contributed by atoms with Crippen LogP contribution in [-0.2, 0) is 11.3 Å². The number of carbonyl (C=O) groups is 1. The smallest absolute Gasteiger partial charge is 0.409 e. The van der Waals surface area contributed by atoms with Crippen molar-refractivity contribution in [2.24, 2.45) is 0 Å². The van der Waals surface area contributed by atoms with Crippen LogP contribution in [0, 0.1) is 18.6 Å². The molecule has 0 atom stereocenters. The van der Waals surface area contributed by atoms with Crippen molar-refractivity contribution in [3.05, 3.63) is 41.3 Å². The summed E-state index contributed by atoms with van der Waals surface area (Å²) in [5.74, 6) is -0.543. The number of ether oxygens (including phenoxy) is 1. The number of piperazine rings is 1. The molecule has 2 aromatic rings. The zero-order chi connectivity index (χ0) is 18.7. The van der Waals surface area contributed by atoms with E-state index in [2.05, 4.69) is 9.88 Å². The summed E-state index contributed by atoms with van der Waals surface area (Å²) in [6, 6.07) is 3.19. The van der Waals surface area contributed by atoms with Crippen LogP contribution in [0.15, 0.2) is 22.6 Å². The first-order chi connectivity index (χ1) is 12.5. The number of aryl methyl sites for hydroxylation is 1. The standard InChI is InChI=1S/C18H21F2N3O3/c1-3-25-18(24)23-6-4-22(5-7-23)11-16-12(2)26-17(21-16)13-8-14(19)10-15(20)9-13/h8-10H,3-7,11H2,1-2H3. The molecule has 26 heavy (non-hydrogen) atoms. The molecule has 8 heteroatoms. The van der Waals surface area contributed by atoms with Gasteiger partial charge < -0.3 is 14.1 Å². The SMILES string of the molecule is CCOC(=O)N1CCN(Cc2nc(-c3cc(F)cc(F)c3)oc2C)CC1. The van der Waals surface area contributed by atoms with Gasteiger partial charge in [0.2, 0.25) is 5.89 Å². The van der Waals surface area contributed by atoms with E-state index in [4.69, 9.17) is 9.15 Å². The number of nitrogens with zero attached hydrogens (tertiary/aromatic N) is 3. The molecule has 0 bridgehead atoms. The van der Waals surface area contributed by atoms with E-state index in [-0.39, 0.29) is 17.5 Å². The van der Waals surface area contributed by atoms with Gasteiger partial charge in [-0.3, -0.25) is 4.90 Å². The van der Waals surface area contributed by atoms with Crippen molar-refractivity contribution in [2.75, 3.05) is 32.8 Å². The van der Waals surface area contributed by atoms with Crippen LogP contribution in [0.25, 0.3) is 11.5 Å². The molecule has 3 rings (SSSR count). The summed E-state index contributed by atoms with van der Waals surface area (Å²) >= 11 is 0. The molecule has 6 nitrogen and oxygen atoms in total. The molecule has 2 heterocycles. The van der Waals surface area contributed by atoms with Crippen LogP contribution >= 0.6 is 0 Å². The van der Waals surface area contributed by atoms with E-state index in [0.717, 1.165) is 6.07 Å². The van der Waals surface area contributed by atoms with Crippen molar-refractivity contribution >= 4 is 6.09 Å². The Bertz CT molecular complexity index is 766. The minimum atomic E-state index is -0.674. The molecule has 1 aromatic carbocycles.